The van der Waals surface area contributed by atoms with Crippen LogP contribution in [0, 0.1) is 5.92 Å². The van der Waals surface area contributed by atoms with Gasteiger partial charge in [0.2, 0.25) is 0 Å². The lowest BCUT2D eigenvalue weighted by molar-refractivity contribution is -0.0186. The van der Waals surface area contributed by atoms with Crippen LogP contribution in [0.25, 0.3) is 0 Å². The fourth-order valence-corrected chi connectivity index (χ4v) is 2.42. The molecule has 0 radical (unpaired) electrons. The molecular weight excluding hydrogens is 224 g/mol. The molecule has 1 heterocycles. The van der Waals surface area contributed by atoms with Crippen molar-refractivity contribution < 1.29 is 4.74 Å². The Bertz CT molecular complexity index is 197. The van der Waals surface area contributed by atoms with Gasteiger partial charge in [0.1, 0.15) is 0 Å². The minimum Gasteiger partial charge on any atom is -0.376 e. The maximum absolute atomic E-state index is 5.55. The summed E-state index contributed by atoms with van der Waals surface area (Å²) in [5, 5.41) is 3.50. The summed E-state index contributed by atoms with van der Waals surface area (Å²) in [5.74, 6) is 0.772. The van der Waals surface area contributed by atoms with Crippen molar-refractivity contribution in [3.63, 3.8) is 0 Å². The average Bonchev–Trinajstić information content (AvgIpc) is 2.32. The first-order chi connectivity index (χ1) is 8.68. The molecule has 1 unspecified atom stereocenters. The Balaban J connectivity index is 1.83. The van der Waals surface area contributed by atoms with Crippen LogP contribution in [-0.2, 0) is 4.74 Å². The quantitative estimate of drug-likeness (QED) is 0.642. The third-order valence-corrected chi connectivity index (χ3v) is 3.46. The lowest BCUT2D eigenvalue weighted by Crippen LogP contribution is -2.41. The van der Waals surface area contributed by atoms with Crippen LogP contribution in [0.1, 0.15) is 46.5 Å². The number of nitrogens with zero attached hydrogens (tertiary/aromatic N) is 1. The SMILES string of the molecule is CC(C)CNCCCCCCN1CCOC(C)C1. The van der Waals surface area contributed by atoms with E-state index in [0.29, 0.717) is 6.10 Å². The molecule has 0 aromatic rings. The Morgan fingerprint density at radius 1 is 1.22 bits per heavy atom. The number of ether oxygens (including phenoxy) is 1. The molecule has 1 rings (SSSR count). The van der Waals surface area contributed by atoms with Gasteiger partial charge in [0, 0.05) is 13.1 Å². The van der Waals surface area contributed by atoms with Gasteiger partial charge in [-0.2, -0.15) is 0 Å². The van der Waals surface area contributed by atoms with Gasteiger partial charge in [-0.25, -0.2) is 0 Å². The van der Waals surface area contributed by atoms with Crippen molar-refractivity contribution in [1.82, 2.24) is 10.2 Å². The molecule has 1 atom stereocenters. The van der Waals surface area contributed by atoms with E-state index in [-0.39, 0.29) is 0 Å². The summed E-state index contributed by atoms with van der Waals surface area (Å²) >= 11 is 0. The topological polar surface area (TPSA) is 24.5 Å². The molecule has 1 aliphatic heterocycles. The van der Waals surface area contributed by atoms with E-state index in [1.807, 2.05) is 0 Å². The van der Waals surface area contributed by atoms with Gasteiger partial charge >= 0.3 is 0 Å². The molecule has 0 aromatic heterocycles. The van der Waals surface area contributed by atoms with E-state index >= 15 is 0 Å². The molecule has 3 heteroatoms. The fourth-order valence-electron chi connectivity index (χ4n) is 2.42. The van der Waals surface area contributed by atoms with E-state index in [1.54, 1.807) is 0 Å². The monoisotopic (exact) mass is 256 g/mol. The predicted molar refractivity (Wildman–Crippen MR) is 78.0 cm³/mol. The van der Waals surface area contributed by atoms with Crippen molar-refractivity contribution in [2.75, 3.05) is 39.3 Å². The summed E-state index contributed by atoms with van der Waals surface area (Å²) in [6, 6.07) is 0. The number of hydrogen-bond donors (Lipinski definition) is 1. The normalized spacial score (nSPS) is 21.7. The molecule has 1 aliphatic rings. The molecule has 1 saturated heterocycles. The number of nitrogens with one attached hydrogen (secondary N) is 1. The third-order valence-electron chi connectivity index (χ3n) is 3.46. The lowest BCUT2D eigenvalue weighted by atomic mass is 10.1. The molecule has 0 bridgehead atoms. The van der Waals surface area contributed by atoms with Crippen molar-refractivity contribution in [2.45, 2.75) is 52.6 Å². The van der Waals surface area contributed by atoms with Gasteiger partial charge in [0.05, 0.1) is 12.7 Å². The van der Waals surface area contributed by atoms with Gasteiger partial charge in [0.15, 0.2) is 0 Å². The van der Waals surface area contributed by atoms with Gasteiger partial charge in [-0.3, -0.25) is 4.90 Å². The smallest absolute Gasteiger partial charge is 0.0674 e. The fraction of sp³-hybridized carbons (Fsp3) is 1.00. The molecule has 1 fully saturated rings. The van der Waals surface area contributed by atoms with E-state index in [4.69, 9.17) is 4.74 Å². The summed E-state index contributed by atoms with van der Waals surface area (Å²) in [5.41, 5.74) is 0. The second-order valence-corrected chi connectivity index (χ2v) is 5.99. The van der Waals surface area contributed by atoms with Crippen molar-refractivity contribution in [2.24, 2.45) is 5.92 Å². The van der Waals surface area contributed by atoms with Crippen LogP contribution in [0.5, 0.6) is 0 Å². The summed E-state index contributed by atoms with van der Waals surface area (Å²) in [4.78, 5) is 2.55. The molecule has 0 spiro atoms. The molecular formula is C15H32N2O. The van der Waals surface area contributed by atoms with Gasteiger partial charge in [-0.15, -0.1) is 0 Å². The van der Waals surface area contributed by atoms with Gasteiger partial charge in [0.25, 0.3) is 0 Å². The van der Waals surface area contributed by atoms with Crippen LogP contribution in [0.4, 0.5) is 0 Å². The van der Waals surface area contributed by atoms with E-state index in [0.717, 1.165) is 32.2 Å². The number of morpholine rings is 1. The summed E-state index contributed by atoms with van der Waals surface area (Å²) in [6.07, 6.45) is 5.84. The minimum absolute atomic E-state index is 0.430. The summed E-state index contributed by atoms with van der Waals surface area (Å²) < 4.78 is 5.55. The Morgan fingerprint density at radius 3 is 2.72 bits per heavy atom. The Labute approximate surface area is 113 Å². The standard InChI is InChI=1S/C15H32N2O/c1-14(2)12-16-8-6-4-5-7-9-17-10-11-18-15(3)13-17/h14-16H,4-13H2,1-3H3. The first-order valence-corrected chi connectivity index (χ1v) is 7.73. The van der Waals surface area contributed by atoms with Crippen LogP contribution in [0.2, 0.25) is 0 Å². The maximum atomic E-state index is 5.55. The van der Waals surface area contributed by atoms with E-state index in [9.17, 15) is 0 Å². The highest BCUT2D eigenvalue weighted by Crippen LogP contribution is 2.07. The van der Waals surface area contributed by atoms with Gasteiger partial charge in [-0.1, -0.05) is 26.7 Å². The van der Waals surface area contributed by atoms with Crippen molar-refractivity contribution in [1.29, 1.82) is 0 Å². The zero-order chi connectivity index (χ0) is 13.2. The summed E-state index contributed by atoms with van der Waals surface area (Å²) in [6.45, 7) is 13.5. The predicted octanol–water partition coefficient (Wildman–Crippen LogP) is 2.51. The van der Waals surface area contributed by atoms with Crippen LogP contribution in [0.15, 0.2) is 0 Å². The Morgan fingerprint density at radius 2 is 2.00 bits per heavy atom. The second-order valence-electron chi connectivity index (χ2n) is 5.99. The summed E-state index contributed by atoms with van der Waals surface area (Å²) in [7, 11) is 0. The number of unbranched alkanes of at least 4 members (excludes halogenated alkanes) is 3. The van der Waals surface area contributed by atoms with Gasteiger partial charge in [-0.05, 0) is 45.3 Å². The third kappa shape index (κ3) is 8.06. The first kappa shape index (κ1) is 15.9. The van der Waals surface area contributed by atoms with Crippen LogP contribution in [0.3, 0.4) is 0 Å². The van der Waals surface area contributed by atoms with Gasteiger partial charge < -0.3 is 10.1 Å². The zero-order valence-electron chi connectivity index (χ0n) is 12.6. The molecule has 0 amide bonds. The van der Waals surface area contributed by atoms with Crippen LogP contribution < -0.4 is 5.32 Å². The maximum Gasteiger partial charge on any atom is 0.0674 e. The van der Waals surface area contributed by atoms with E-state index in [2.05, 4.69) is 31.0 Å². The number of rotatable bonds is 9. The minimum atomic E-state index is 0.430. The van der Waals surface area contributed by atoms with Crippen LogP contribution in [-0.4, -0.2) is 50.3 Å². The Kier molecular flexibility index (Phi) is 8.64. The van der Waals surface area contributed by atoms with Crippen molar-refractivity contribution >= 4 is 0 Å². The highest BCUT2D eigenvalue weighted by Gasteiger charge is 2.15. The molecule has 3 nitrogen and oxygen atoms in total. The highest BCUT2D eigenvalue weighted by atomic mass is 16.5. The Hall–Kier alpha value is -0.120. The molecule has 0 aliphatic carbocycles. The number of hydrogen-bond acceptors (Lipinski definition) is 3. The largest absolute Gasteiger partial charge is 0.376 e. The second kappa shape index (κ2) is 9.76. The zero-order valence-corrected chi connectivity index (χ0v) is 12.6. The highest BCUT2D eigenvalue weighted by molar-refractivity contribution is 4.67. The van der Waals surface area contributed by atoms with Crippen molar-refractivity contribution in [3.05, 3.63) is 0 Å². The molecule has 0 aromatic carbocycles. The first-order valence-electron chi connectivity index (χ1n) is 7.73. The van der Waals surface area contributed by atoms with E-state index < -0.39 is 0 Å². The van der Waals surface area contributed by atoms with Crippen molar-refractivity contribution in [3.8, 4) is 0 Å². The average molecular weight is 256 g/mol. The molecule has 0 saturated carbocycles. The van der Waals surface area contributed by atoms with E-state index in [1.165, 1.54) is 38.8 Å². The lowest BCUT2D eigenvalue weighted by Gasteiger charge is -2.30. The molecule has 1 N–H and O–H groups in total. The van der Waals surface area contributed by atoms with Crippen LogP contribution >= 0.6 is 0 Å². The molecule has 18 heavy (non-hydrogen) atoms. The molecule has 108 valence electrons.